The molecule has 1 saturated carbocycles. The molecule has 0 aromatic heterocycles. The summed E-state index contributed by atoms with van der Waals surface area (Å²) in [5, 5.41) is 0. The second-order valence-electron chi connectivity index (χ2n) is 6.09. The predicted molar refractivity (Wildman–Crippen MR) is 60.3 cm³/mol. The minimum absolute atomic E-state index is 0.0765. The van der Waals surface area contributed by atoms with Gasteiger partial charge in [-0.15, -0.1) is 0 Å². The molecule has 0 amide bonds. The van der Waals surface area contributed by atoms with Gasteiger partial charge in [0.2, 0.25) is 0 Å². The van der Waals surface area contributed by atoms with Gasteiger partial charge in [-0.3, -0.25) is 4.79 Å². The third kappa shape index (κ3) is 3.20. The van der Waals surface area contributed by atoms with Crippen LogP contribution in [-0.4, -0.2) is 17.6 Å². The maximum absolute atomic E-state index is 12.0. The third-order valence-corrected chi connectivity index (χ3v) is 2.89. The van der Waals surface area contributed by atoms with Crippen molar-refractivity contribution >= 4 is 5.97 Å². The Morgan fingerprint density at radius 2 is 1.73 bits per heavy atom. The molecule has 0 aromatic carbocycles. The average Bonchev–Trinajstić information content (AvgIpc) is 2.81. The third-order valence-electron chi connectivity index (χ3n) is 2.89. The van der Waals surface area contributed by atoms with Crippen LogP contribution in [0.25, 0.3) is 0 Å². The van der Waals surface area contributed by atoms with E-state index in [0.29, 0.717) is 5.92 Å². The molecule has 15 heavy (non-hydrogen) atoms. The van der Waals surface area contributed by atoms with Gasteiger partial charge in [-0.2, -0.15) is 0 Å². The van der Waals surface area contributed by atoms with Crippen molar-refractivity contribution in [1.29, 1.82) is 0 Å². The maximum Gasteiger partial charge on any atom is 0.313 e. The van der Waals surface area contributed by atoms with E-state index in [1.165, 1.54) is 0 Å². The van der Waals surface area contributed by atoms with Crippen LogP contribution in [0.5, 0.6) is 0 Å². The molecule has 1 rings (SSSR count). The molecule has 1 fully saturated rings. The Kier molecular flexibility index (Phi) is 3.15. The van der Waals surface area contributed by atoms with E-state index in [9.17, 15) is 4.79 Å². The second kappa shape index (κ2) is 3.78. The second-order valence-corrected chi connectivity index (χ2v) is 6.09. The summed E-state index contributed by atoms with van der Waals surface area (Å²) in [5.74, 6) is 0.321. The topological polar surface area (TPSA) is 52.3 Å². The van der Waals surface area contributed by atoms with Crippen LogP contribution in [0.15, 0.2) is 0 Å². The first-order valence-electron chi connectivity index (χ1n) is 5.63. The summed E-state index contributed by atoms with van der Waals surface area (Å²) in [4.78, 5) is 12.0. The predicted octanol–water partition coefficient (Wildman–Crippen LogP) is 2.09. The number of nitrogens with two attached hydrogens (primary N) is 1. The zero-order valence-electron chi connectivity index (χ0n) is 10.5. The minimum Gasteiger partial charge on any atom is -0.460 e. The molecule has 0 unspecified atom stereocenters. The fraction of sp³-hybridized carbons (Fsp3) is 0.917. The number of carbonyl (C=O) groups is 1. The molecule has 88 valence electrons. The summed E-state index contributed by atoms with van der Waals surface area (Å²) in [7, 11) is 0. The lowest BCUT2D eigenvalue weighted by Crippen LogP contribution is -2.47. The van der Waals surface area contributed by atoms with Gasteiger partial charge >= 0.3 is 5.97 Å². The van der Waals surface area contributed by atoms with Crippen LogP contribution < -0.4 is 5.73 Å². The fourth-order valence-corrected chi connectivity index (χ4v) is 1.59. The van der Waals surface area contributed by atoms with Crippen LogP contribution in [0.3, 0.4) is 0 Å². The van der Waals surface area contributed by atoms with Gasteiger partial charge in [-0.05, 0) is 53.4 Å². The number of carbonyl (C=O) groups excluding carboxylic acids is 1. The van der Waals surface area contributed by atoms with E-state index in [2.05, 4.69) is 0 Å². The highest BCUT2D eigenvalue weighted by Gasteiger charge is 2.45. The zero-order chi connectivity index (χ0) is 11.9. The van der Waals surface area contributed by atoms with Crippen molar-refractivity contribution in [2.75, 3.05) is 0 Å². The van der Waals surface area contributed by atoms with Crippen molar-refractivity contribution in [2.24, 2.45) is 17.1 Å². The molecule has 0 bridgehead atoms. The summed E-state index contributed by atoms with van der Waals surface area (Å²) in [6.07, 6.45) is 2.29. The van der Waals surface area contributed by atoms with Crippen molar-refractivity contribution in [3.05, 3.63) is 0 Å². The average molecular weight is 213 g/mol. The van der Waals surface area contributed by atoms with E-state index in [1.807, 2.05) is 34.6 Å². The van der Waals surface area contributed by atoms with E-state index < -0.39 is 11.0 Å². The standard InChI is InChI=1S/C12H23NO2/c1-11(2,3)15-10(14)12(4,5)9(13)8-6-7-8/h8-9H,6-7,13H2,1-5H3/t9-/m0/s1. The molecule has 1 atom stereocenters. The smallest absolute Gasteiger partial charge is 0.313 e. The van der Waals surface area contributed by atoms with E-state index >= 15 is 0 Å². The highest BCUT2D eigenvalue weighted by Crippen LogP contribution is 2.40. The van der Waals surface area contributed by atoms with E-state index in [-0.39, 0.29) is 12.0 Å². The number of rotatable bonds is 3. The van der Waals surface area contributed by atoms with Crippen molar-refractivity contribution < 1.29 is 9.53 Å². The molecular formula is C12H23NO2. The van der Waals surface area contributed by atoms with E-state index in [4.69, 9.17) is 10.5 Å². The summed E-state index contributed by atoms with van der Waals surface area (Å²) in [6, 6.07) is -0.0765. The number of hydrogen-bond acceptors (Lipinski definition) is 3. The molecule has 0 aliphatic heterocycles. The van der Waals surface area contributed by atoms with Gasteiger partial charge in [-0.1, -0.05) is 0 Å². The van der Waals surface area contributed by atoms with Gasteiger partial charge in [0.15, 0.2) is 0 Å². The van der Waals surface area contributed by atoms with E-state index in [1.54, 1.807) is 0 Å². The van der Waals surface area contributed by atoms with Crippen molar-refractivity contribution in [3.8, 4) is 0 Å². The molecule has 1 aliphatic carbocycles. The summed E-state index contributed by atoms with van der Waals surface area (Å²) in [5.41, 5.74) is 5.07. The highest BCUT2D eigenvalue weighted by molar-refractivity contribution is 5.77. The van der Waals surface area contributed by atoms with Gasteiger partial charge in [0.1, 0.15) is 5.60 Å². The molecule has 0 aromatic rings. The first-order chi connectivity index (χ1) is 6.64. The molecule has 0 saturated heterocycles. The largest absolute Gasteiger partial charge is 0.460 e. The van der Waals surface area contributed by atoms with Crippen molar-refractivity contribution in [2.45, 2.75) is 59.1 Å². The van der Waals surface area contributed by atoms with Crippen molar-refractivity contribution in [3.63, 3.8) is 0 Å². The van der Waals surface area contributed by atoms with Crippen LogP contribution >= 0.6 is 0 Å². The Hall–Kier alpha value is -0.570. The van der Waals surface area contributed by atoms with Gasteiger partial charge in [0, 0.05) is 6.04 Å². The summed E-state index contributed by atoms with van der Waals surface area (Å²) < 4.78 is 5.38. The lowest BCUT2D eigenvalue weighted by Gasteiger charge is -2.32. The van der Waals surface area contributed by atoms with Crippen LogP contribution in [-0.2, 0) is 9.53 Å². The number of hydrogen-bond donors (Lipinski definition) is 1. The van der Waals surface area contributed by atoms with Crippen molar-refractivity contribution in [1.82, 2.24) is 0 Å². The fourth-order valence-electron chi connectivity index (χ4n) is 1.59. The SMILES string of the molecule is CC(C)(C)OC(=O)C(C)(C)[C@@H](N)C1CC1. The number of esters is 1. The van der Waals surface area contributed by atoms with Gasteiger partial charge in [0.25, 0.3) is 0 Å². The number of ether oxygens (including phenoxy) is 1. The first-order valence-corrected chi connectivity index (χ1v) is 5.63. The minimum atomic E-state index is -0.575. The molecule has 0 radical (unpaired) electrons. The molecule has 3 nitrogen and oxygen atoms in total. The quantitative estimate of drug-likeness (QED) is 0.730. The summed E-state index contributed by atoms with van der Waals surface area (Å²) in [6.45, 7) is 9.39. The Labute approximate surface area is 92.4 Å². The van der Waals surface area contributed by atoms with Crippen LogP contribution in [0, 0.1) is 11.3 Å². The van der Waals surface area contributed by atoms with E-state index in [0.717, 1.165) is 12.8 Å². The Bertz CT molecular complexity index is 249. The lowest BCUT2D eigenvalue weighted by atomic mass is 9.82. The lowest BCUT2D eigenvalue weighted by molar-refractivity contribution is -0.167. The Morgan fingerprint density at radius 3 is 2.07 bits per heavy atom. The molecule has 0 heterocycles. The van der Waals surface area contributed by atoms with Crippen LogP contribution in [0.4, 0.5) is 0 Å². The Balaban J connectivity index is 2.63. The van der Waals surface area contributed by atoms with Crippen LogP contribution in [0.1, 0.15) is 47.5 Å². The monoisotopic (exact) mass is 213 g/mol. The first kappa shape index (κ1) is 12.5. The zero-order valence-corrected chi connectivity index (χ0v) is 10.5. The Morgan fingerprint density at radius 1 is 1.27 bits per heavy atom. The van der Waals surface area contributed by atoms with Gasteiger partial charge in [-0.25, -0.2) is 0 Å². The summed E-state index contributed by atoms with van der Waals surface area (Å²) >= 11 is 0. The highest BCUT2D eigenvalue weighted by atomic mass is 16.6. The van der Waals surface area contributed by atoms with Gasteiger partial charge < -0.3 is 10.5 Å². The molecule has 0 spiro atoms. The maximum atomic E-state index is 12.0. The van der Waals surface area contributed by atoms with Gasteiger partial charge in [0.05, 0.1) is 5.41 Å². The van der Waals surface area contributed by atoms with Crippen LogP contribution in [0.2, 0.25) is 0 Å². The normalized spacial score (nSPS) is 19.9. The molecule has 1 aliphatic rings. The molecular weight excluding hydrogens is 190 g/mol. The molecule has 2 N–H and O–H groups in total. The molecule has 3 heteroatoms.